The molecule has 0 radical (unpaired) electrons. The lowest BCUT2D eigenvalue weighted by Crippen LogP contribution is -2.14. The van der Waals surface area contributed by atoms with Crippen LogP contribution in [0.25, 0.3) is 0 Å². The van der Waals surface area contributed by atoms with Gasteiger partial charge in [-0.2, -0.15) is 0 Å². The molecule has 2 aromatic rings. The Kier molecular flexibility index (Phi) is 5.70. The quantitative estimate of drug-likeness (QED) is 0.758. The van der Waals surface area contributed by atoms with Crippen molar-refractivity contribution in [3.63, 3.8) is 0 Å². The second-order valence-electron chi connectivity index (χ2n) is 5.96. The third-order valence-electron chi connectivity index (χ3n) is 4.12. The zero-order chi connectivity index (χ0) is 17.6. The van der Waals surface area contributed by atoms with Crippen LogP contribution in [0.1, 0.15) is 54.3 Å². The standard InChI is InChI=1S/C17H19N3O4S/c21-14(18-13-8-6-12(7-9-13)16(22)23)10-25-17-20-19-15(24-17)11-4-2-1-3-5-11/h6-9,11H,1-5,10H2,(H,18,21)(H,22,23). The number of hydrogen-bond acceptors (Lipinski definition) is 6. The van der Waals surface area contributed by atoms with E-state index in [2.05, 4.69) is 15.5 Å². The summed E-state index contributed by atoms with van der Waals surface area (Å²) in [5.41, 5.74) is 0.720. The van der Waals surface area contributed by atoms with E-state index >= 15 is 0 Å². The summed E-state index contributed by atoms with van der Waals surface area (Å²) in [7, 11) is 0. The lowest BCUT2D eigenvalue weighted by molar-refractivity contribution is -0.113. The van der Waals surface area contributed by atoms with Gasteiger partial charge in [0, 0.05) is 11.6 Å². The molecule has 0 unspecified atom stereocenters. The summed E-state index contributed by atoms with van der Waals surface area (Å²) in [4.78, 5) is 22.8. The van der Waals surface area contributed by atoms with Gasteiger partial charge in [-0.3, -0.25) is 4.79 Å². The maximum atomic E-state index is 12.0. The van der Waals surface area contributed by atoms with Gasteiger partial charge in [0.15, 0.2) is 0 Å². The maximum absolute atomic E-state index is 12.0. The number of anilines is 1. The van der Waals surface area contributed by atoms with E-state index in [4.69, 9.17) is 9.52 Å². The van der Waals surface area contributed by atoms with Crippen LogP contribution in [0.5, 0.6) is 0 Å². The number of aromatic nitrogens is 2. The molecule has 8 heteroatoms. The number of nitrogens with zero attached hydrogens (tertiary/aromatic N) is 2. The Morgan fingerprint density at radius 1 is 1.16 bits per heavy atom. The minimum atomic E-state index is -1.00. The number of thioether (sulfide) groups is 1. The monoisotopic (exact) mass is 361 g/mol. The van der Waals surface area contributed by atoms with Gasteiger partial charge in [0.1, 0.15) is 0 Å². The predicted octanol–water partition coefficient (Wildman–Crippen LogP) is 3.55. The van der Waals surface area contributed by atoms with Crippen LogP contribution in [0.15, 0.2) is 33.9 Å². The number of nitrogens with one attached hydrogen (secondary N) is 1. The molecular weight excluding hydrogens is 342 g/mol. The van der Waals surface area contributed by atoms with Crippen LogP contribution in [-0.2, 0) is 4.79 Å². The molecule has 0 spiro atoms. The van der Waals surface area contributed by atoms with Crippen molar-refractivity contribution < 1.29 is 19.1 Å². The molecule has 1 amide bonds. The normalized spacial score (nSPS) is 15.0. The van der Waals surface area contributed by atoms with E-state index in [0.29, 0.717) is 22.7 Å². The molecular formula is C17H19N3O4S. The molecule has 0 atom stereocenters. The average molecular weight is 361 g/mol. The Balaban J connectivity index is 1.48. The molecule has 25 heavy (non-hydrogen) atoms. The first-order chi connectivity index (χ1) is 12.1. The Bertz CT molecular complexity index is 739. The van der Waals surface area contributed by atoms with E-state index in [9.17, 15) is 9.59 Å². The first-order valence-electron chi connectivity index (χ1n) is 8.21. The molecule has 7 nitrogen and oxygen atoms in total. The summed E-state index contributed by atoms with van der Waals surface area (Å²) in [6.45, 7) is 0. The Hall–Kier alpha value is -2.35. The zero-order valence-corrected chi connectivity index (χ0v) is 14.4. The number of carboxylic acids is 1. The van der Waals surface area contributed by atoms with Crippen molar-refractivity contribution in [3.05, 3.63) is 35.7 Å². The summed E-state index contributed by atoms with van der Waals surface area (Å²) in [6.07, 6.45) is 5.81. The minimum Gasteiger partial charge on any atom is -0.478 e. The highest BCUT2D eigenvalue weighted by atomic mass is 32.2. The number of carboxylic acid groups (broad SMARTS) is 1. The van der Waals surface area contributed by atoms with Crippen molar-refractivity contribution in [1.29, 1.82) is 0 Å². The summed E-state index contributed by atoms with van der Waals surface area (Å²) < 4.78 is 5.66. The van der Waals surface area contributed by atoms with Crippen LogP contribution in [0.4, 0.5) is 5.69 Å². The zero-order valence-electron chi connectivity index (χ0n) is 13.6. The smallest absolute Gasteiger partial charge is 0.335 e. The van der Waals surface area contributed by atoms with E-state index in [-0.39, 0.29) is 17.2 Å². The Morgan fingerprint density at radius 3 is 2.56 bits per heavy atom. The van der Waals surface area contributed by atoms with Gasteiger partial charge >= 0.3 is 5.97 Å². The lowest BCUT2D eigenvalue weighted by Gasteiger charge is -2.17. The molecule has 1 aliphatic carbocycles. The molecule has 1 aromatic heterocycles. The highest BCUT2D eigenvalue weighted by Crippen LogP contribution is 2.32. The first kappa shape index (κ1) is 17.5. The maximum Gasteiger partial charge on any atom is 0.335 e. The fourth-order valence-electron chi connectivity index (χ4n) is 2.81. The molecule has 1 heterocycles. The average Bonchev–Trinajstić information content (AvgIpc) is 3.10. The summed E-state index contributed by atoms with van der Waals surface area (Å²) in [5.74, 6) is -0.0550. The topological polar surface area (TPSA) is 105 Å². The number of hydrogen-bond donors (Lipinski definition) is 2. The molecule has 0 saturated heterocycles. The van der Waals surface area contributed by atoms with Crippen LogP contribution < -0.4 is 5.32 Å². The van der Waals surface area contributed by atoms with Gasteiger partial charge in [-0.25, -0.2) is 4.79 Å². The number of amides is 1. The van der Waals surface area contributed by atoms with Gasteiger partial charge in [0.05, 0.1) is 11.3 Å². The van der Waals surface area contributed by atoms with Crippen molar-refractivity contribution in [3.8, 4) is 0 Å². The third-order valence-corrected chi connectivity index (χ3v) is 4.94. The van der Waals surface area contributed by atoms with E-state index < -0.39 is 5.97 Å². The Morgan fingerprint density at radius 2 is 1.88 bits per heavy atom. The molecule has 0 aliphatic heterocycles. The summed E-state index contributed by atoms with van der Waals surface area (Å²) in [5, 5.41) is 20.1. The van der Waals surface area contributed by atoms with Gasteiger partial charge in [-0.15, -0.1) is 10.2 Å². The van der Waals surface area contributed by atoms with Crippen molar-refractivity contribution in [2.45, 2.75) is 43.2 Å². The highest BCUT2D eigenvalue weighted by molar-refractivity contribution is 7.99. The van der Waals surface area contributed by atoms with Crippen molar-refractivity contribution in [1.82, 2.24) is 10.2 Å². The number of rotatable bonds is 6. The van der Waals surface area contributed by atoms with Crippen LogP contribution in [0.2, 0.25) is 0 Å². The number of aromatic carboxylic acids is 1. The van der Waals surface area contributed by atoms with Gasteiger partial charge < -0.3 is 14.8 Å². The van der Waals surface area contributed by atoms with Crippen LogP contribution in [-0.4, -0.2) is 32.9 Å². The number of carbonyl (C=O) groups is 2. The number of carbonyl (C=O) groups excluding carboxylic acids is 1. The van der Waals surface area contributed by atoms with E-state index in [1.165, 1.54) is 43.2 Å². The van der Waals surface area contributed by atoms with Gasteiger partial charge in [-0.05, 0) is 37.1 Å². The molecule has 3 rings (SSSR count). The second kappa shape index (κ2) is 8.15. The molecule has 0 bridgehead atoms. The fraction of sp³-hybridized carbons (Fsp3) is 0.412. The van der Waals surface area contributed by atoms with Gasteiger partial charge in [-0.1, -0.05) is 31.0 Å². The SMILES string of the molecule is O=C(CSc1nnc(C2CCCCC2)o1)Nc1ccc(C(=O)O)cc1. The van der Waals surface area contributed by atoms with Crippen molar-refractivity contribution >= 4 is 29.3 Å². The predicted molar refractivity (Wildman–Crippen MR) is 92.9 cm³/mol. The third kappa shape index (κ3) is 4.82. The fourth-order valence-corrected chi connectivity index (χ4v) is 3.38. The van der Waals surface area contributed by atoms with E-state index in [1.54, 1.807) is 12.1 Å². The Labute approximate surface area is 149 Å². The molecule has 2 N–H and O–H groups in total. The van der Waals surface area contributed by atoms with Crippen LogP contribution >= 0.6 is 11.8 Å². The van der Waals surface area contributed by atoms with Crippen LogP contribution in [0.3, 0.4) is 0 Å². The highest BCUT2D eigenvalue weighted by Gasteiger charge is 2.21. The van der Waals surface area contributed by atoms with Crippen molar-refractivity contribution in [2.75, 3.05) is 11.1 Å². The van der Waals surface area contributed by atoms with E-state index in [0.717, 1.165) is 12.8 Å². The molecule has 1 aliphatic rings. The first-order valence-corrected chi connectivity index (χ1v) is 9.20. The molecule has 132 valence electrons. The van der Waals surface area contributed by atoms with Crippen molar-refractivity contribution in [2.24, 2.45) is 0 Å². The lowest BCUT2D eigenvalue weighted by atomic mass is 9.89. The summed E-state index contributed by atoms with van der Waals surface area (Å²) >= 11 is 1.19. The van der Waals surface area contributed by atoms with E-state index in [1.807, 2.05) is 0 Å². The summed E-state index contributed by atoms with van der Waals surface area (Å²) in [6, 6.07) is 6.00. The second-order valence-corrected chi connectivity index (χ2v) is 6.89. The molecule has 1 aromatic carbocycles. The van der Waals surface area contributed by atoms with Gasteiger partial charge in [0.2, 0.25) is 11.8 Å². The molecule has 1 fully saturated rings. The minimum absolute atomic E-state index is 0.146. The largest absolute Gasteiger partial charge is 0.478 e. The van der Waals surface area contributed by atoms with Crippen LogP contribution in [0, 0.1) is 0 Å². The van der Waals surface area contributed by atoms with Gasteiger partial charge in [0.25, 0.3) is 5.22 Å². The molecule has 1 saturated carbocycles. The number of benzene rings is 1.